The molecule has 0 aliphatic heterocycles. The molecule has 3 aromatic rings. The van der Waals surface area contributed by atoms with E-state index in [0.29, 0.717) is 5.57 Å². The number of carbonyl (C=O) groups excluding carboxylic acids is 1. The van der Waals surface area contributed by atoms with Crippen molar-refractivity contribution in [2.24, 2.45) is 0 Å². The average Bonchev–Trinajstić information content (AvgIpc) is 3.12. The van der Waals surface area contributed by atoms with Crippen molar-refractivity contribution in [2.45, 2.75) is 0 Å². The van der Waals surface area contributed by atoms with Crippen LogP contribution in [0.15, 0.2) is 72.3 Å². The lowest BCUT2D eigenvalue weighted by Crippen LogP contribution is -2.05. The number of allylic oxidation sites excluding steroid dienone is 2. The molecule has 1 heterocycles. The zero-order valence-corrected chi connectivity index (χ0v) is 16.0. The molecule has 0 aliphatic carbocycles. The SMILES string of the molecule is COC=C(C(=O)OC)c1ccccc1C=CC=Cc1csc2ccccc12. The molecule has 0 bridgehead atoms. The number of esters is 1. The predicted molar refractivity (Wildman–Crippen MR) is 113 cm³/mol. The van der Waals surface area contributed by atoms with Crippen LogP contribution in [0.3, 0.4) is 0 Å². The van der Waals surface area contributed by atoms with Crippen molar-refractivity contribution < 1.29 is 14.3 Å². The fraction of sp³-hybridized carbons (Fsp3) is 0.0870. The van der Waals surface area contributed by atoms with E-state index in [1.165, 1.54) is 36.1 Å². The summed E-state index contributed by atoms with van der Waals surface area (Å²) >= 11 is 1.74. The van der Waals surface area contributed by atoms with Gasteiger partial charge >= 0.3 is 5.97 Å². The van der Waals surface area contributed by atoms with E-state index in [1.807, 2.05) is 42.5 Å². The van der Waals surface area contributed by atoms with Crippen molar-refractivity contribution in [2.75, 3.05) is 14.2 Å². The van der Waals surface area contributed by atoms with Gasteiger partial charge in [-0.25, -0.2) is 4.79 Å². The molecule has 0 aliphatic rings. The molecule has 0 spiro atoms. The highest BCUT2D eigenvalue weighted by atomic mass is 32.1. The lowest BCUT2D eigenvalue weighted by Gasteiger charge is -2.08. The fourth-order valence-electron chi connectivity index (χ4n) is 2.78. The molecule has 0 radical (unpaired) electrons. The third-order valence-corrected chi connectivity index (χ3v) is 5.05. The summed E-state index contributed by atoms with van der Waals surface area (Å²) in [4.78, 5) is 12.1. The predicted octanol–water partition coefficient (Wildman–Crippen LogP) is 5.79. The zero-order valence-electron chi connectivity index (χ0n) is 15.2. The molecule has 1 aromatic heterocycles. The second kappa shape index (κ2) is 9.01. The first-order valence-electron chi connectivity index (χ1n) is 8.46. The minimum Gasteiger partial charge on any atom is -0.503 e. The minimum absolute atomic E-state index is 0.382. The number of ether oxygens (including phenoxy) is 2. The molecule has 0 N–H and O–H groups in total. The van der Waals surface area contributed by atoms with Gasteiger partial charge in [-0.15, -0.1) is 11.3 Å². The summed E-state index contributed by atoms with van der Waals surface area (Å²) in [5.74, 6) is -0.432. The van der Waals surface area contributed by atoms with E-state index in [-0.39, 0.29) is 0 Å². The molecule has 0 saturated carbocycles. The Hall–Kier alpha value is -3.11. The molecule has 0 fully saturated rings. The van der Waals surface area contributed by atoms with Crippen LogP contribution in [-0.4, -0.2) is 20.2 Å². The number of thiophene rings is 1. The first-order chi connectivity index (χ1) is 13.2. The minimum atomic E-state index is -0.432. The Bertz CT molecular complexity index is 1020. The molecular formula is C23H20O3S. The third kappa shape index (κ3) is 4.36. The molecule has 0 amide bonds. The van der Waals surface area contributed by atoms with Gasteiger partial charge in [-0.05, 0) is 33.5 Å². The van der Waals surface area contributed by atoms with Gasteiger partial charge < -0.3 is 9.47 Å². The lowest BCUT2D eigenvalue weighted by molar-refractivity contribution is -0.133. The second-order valence-electron chi connectivity index (χ2n) is 5.75. The van der Waals surface area contributed by atoms with Crippen LogP contribution >= 0.6 is 11.3 Å². The van der Waals surface area contributed by atoms with Gasteiger partial charge in [0, 0.05) is 4.70 Å². The van der Waals surface area contributed by atoms with E-state index in [4.69, 9.17) is 9.47 Å². The lowest BCUT2D eigenvalue weighted by atomic mass is 10.00. The molecule has 3 nitrogen and oxygen atoms in total. The van der Waals surface area contributed by atoms with Crippen LogP contribution in [0.25, 0.3) is 27.8 Å². The van der Waals surface area contributed by atoms with Crippen molar-refractivity contribution >= 4 is 45.1 Å². The van der Waals surface area contributed by atoms with Gasteiger partial charge in [0.05, 0.1) is 20.5 Å². The standard InChI is InChI=1S/C23H20O3S/c1-25-15-21(23(24)26-2)19-12-6-5-10-17(19)9-3-4-11-18-16-27-22-14-8-7-13-20(18)22/h3-16H,1-2H3. The third-order valence-electron chi connectivity index (χ3n) is 4.07. The van der Waals surface area contributed by atoms with Crippen LogP contribution in [-0.2, 0) is 14.3 Å². The Morgan fingerprint density at radius 1 is 0.926 bits per heavy atom. The smallest absolute Gasteiger partial charge is 0.341 e. The summed E-state index contributed by atoms with van der Waals surface area (Å²) < 4.78 is 11.2. The number of hydrogen-bond donors (Lipinski definition) is 0. The first-order valence-corrected chi connectivity index (χ1v) is 9.34. The molecule has 136 valence electrons. The highest BCUT2D eigenvalue weighted by Gasteiger charge is 2.15. The van der Waals surface area contributed by atoms with Crippen LogP contribution in [0.5, 0.6) is 0 Å². The Labute approximate surface area is 162 Å². The number of carbonyl (C=O) groups is 1. The first kappa shape index (κ1) is 18.7. The largest absolute Gasteiger partial charge is 0.503 e. The number of fused-ring (bicyclic) bond motifs is 1. The summed E-state index contributed by atoms with van der Waals surface area (Å²) in [6.45, 7) is 0. The fourth-order valence-corrected chi connectivity index (χ4v) is 3.71. The van der Waals surface area contributed by atoms with E-state index in [0.717, 1.165) is 11.1 Å². The van der Waals surface area contributed by atoms with Crippen molar-refractivity contribution in [1.82, 2.24) is 0 Å². The molecule has 4 heteroatoms. The molecule has 2 aromatic carbocycles. The molecule has 3 rings (SSSR count). The number of benzene rings is 2. The highest BCUT2D eigenvalue weighted by Crippen LogP contribution is 2.27. The van der Waals surface area contributed by atoms with Gasteiger partial charge in [0.15, 0.2) is 0 Å². The van der Waals surface area contributed by atoms with Gasteiger partial charge in [-0.3, -0.25) is 0 Å². The van der Waals surface area contributed by atoms with Crippen molar-refractivity contribution in [3.05, 3.63) is 89.0 Å². The maximum absolute atomic E-state index is 12.1. The Morgan fingerprint density at radius 3 is 2.41 bits per heavy atom. The Kier molecular flexibility index (Phi) is 6.23. The van der Waals surface area contributed by atoms with E-state index in [1.54, 1.807) is 11.3 Å². The summed E-state index contributed by atoms with van der Waals surface area (Å²) in [6, 6.07) is 16.0. The maximum atomic E-state index is 12.1. The maximum Gasteiger partial charge on any atom is 0.341 e. The molecule has 0 atom stereocenters. The highest BCUT2D eigenvalue weighted by molar-refractivity contribution is 7.17. The topological polar surface area (TPSA) is 35.5 Å². The van der Waals surface area contributed by atoms with Crippen molar-refractivity contribution in [3.63, 3.8) is 0 Å². The van der Waals surface area contributed by atoms with Gasteiger partial charge in [-0.1, -0.05) is 66.8 Å². The zero-order chi connectivity index (χ0) is 19.1. The van der Waals surface area contributed by atoms with Crippen LogP contribution in [0.1, 0.15) is 16.7 Å². The molecule has 27 heavy (non-hydrogen) atoms. The summed E-state index contributed by atoms with van der Waals surface area (Å²) in [5, 5.41) is 3.41. The van der Waals surface area contributed by atoms with E-state index in [9.17, 15) is 4.79 Å². The number of hydrogen-bond acceptors (Lipinski definition) is 4. The van der Waals surface area contributed by atoms with Crippen LogP contribution in [0.2, 0.25) is 0 Å². The van der Waals surface area contributed by atoms with Crippen LogP contribution in [0, 0.1) is 0 Å². The quantitative estimate of drug-likeness (QED) is 0.236. The summed E-state index contributed by atoms with van der Waals surface area (Å²) in [7, 11) is 2.87. The van der Waals surface area contributed by atoms with Crippen LogP contribution < -0.4 is 0 Å². The molecular weight excluding hydrogens is 356 g/mol. The van der Waals surface area contributed by atoms with Gasteiger partial charge in [0.25, 0.3) is 0 Å². The summed E-state index contributed by atoms with van der Waals surface area (Å²) in [5.41, 5.74) is 3.25. The van der Waals surface area contributed by atoms with Crippen molar-refractivity contribution in [1.29, 1.82) is 0 Å². The van der Waals surface area contributed by atoms with Gasteiger partial charge in [-0.2, -0.15) is 0 Å². The monoisotopic (exact) mass is 376 g/mol. The van der Waals surface area contributed by atoms with E-state index >= 15 is 0 Å². The summed E-state index contributed by atoms with van der Waals surface area (Å²) in [6.07, 6.45) is 9.43. The average molecular weight is 376 g/mol. The van der Waals surface area contributed by atoms with Gasteiger partial charge in [0.1, 0.15) is 5.57 Å². The normalized spacial score (nSPS) is 12.1. The van der Waals surface area contributed by atoms with E-state index < -0.39 is 5.97 Å². The molecule has 0 unspecified atom stereocenters. The Morgan fingerprint density at radius 2 is 1.63 bits per heavy atom. The van der Waals surface area contributed by atoms with Gasteiger partial charge in [0.2, 0.25) is 0 Å². The second-order valence-corrected chi connectivity index (χ2v) is 6.66. The Balaban J connectivity index is 1.85. The van der Waals surface area contributed by atoms with Crippen molar-refractivity contribution in [3.8, 4) is 0 Å². The number of rotatable bonds is 6. The number of methoxy groups -OCH3 is 2. The molecule has 0 saturated heterocycles. The van der Waals surface area contributed by atoms with Crippen LogP contribution in [0.4, 0.5) is 0 Å². The van der Waals surface area contributed by atoms with E-state index in [2.05, 4.69) is 35.7 Å².